The molecule has 0 bridgehead atoms. The third-order valence-electron chi connectivity index (χ3n) is 3.43. The summed E-state index contributed by atoms with van der Waals surface area (Å²) in [5.41, 5.74) is 1.17. The molecule has 0 aliphatic carbocycles. The molecule has 1 aliphatic rings. The Kier molecular flexibility index (Phi) is 5.03. The maximum absolute atomic E-state index is 12.4. The maximum Gasteiger partial charge on any atom is 0.274 e. The second kappa shape index (κ2) is 6.78. The molecule has 114 valence electrons. The van der Waals surface area contributed by atoms with E-state index >= 15 is 0 Å². The summed E-state index contributed by atoms with van der Waals surface area (Å²) in [6, 6.07) is 5.50. The highest BCUT2D eigenvalue weighted by Crippen LogP contribution is 2.20. The average molecular weight is 311 g/mol. The summed E-state index contributed by atoms with van der Waals surface area (Å²) in [5, 5.41) is 10.3. The molecule has 0 radical (unpaired) electrons. The van der Waals surface area contributed by atoms with Crippen LogP contribution < -0.4 is 5.32 Å². The minimum absolute atomic E-state index is 0. The summed E-state index contributed by atoms with van der Waals surface area (Å²) in [4.78, 5) is 14.2. The lowest BCUT2D eigenvalue weighted by molar-refractivity contribution is 0.0760. The van der Waals surface area contributed by atoms with Gasteiger partial charge in [-0.2, -0.15) is 5.10 Å². The monoisotopic (exact) mass is 310 g/mol. The molecule has 0 aromatic carbocycles. The number of carbonyl (C=O) groups excluding carboxylic acids is 1. The first-order valence-electron chi connectivity index (χ1n) is 6.86. The first-order valence-corrected chi connectivity index (χ1v) is 6.86. The van der Waals surface area contributed by atoms with E-state index < -0.39 is 0 Å². The molecule has 0 unspecified atom stereocenters. The molecule has 1 aliphatic heterocycles. The Morgan fingerprint density at radius 3 is 2.95 bits per heavy atom. The maximum atomic E-state index is 12.4. The number of rotatable bonds is 2. The van der Waals surface area contributed by atoms with Gasteiger partial charge in [-0.05, 0) is 32.0 Å². The molecule has 2 aromatic rings. The normalized spacial score (nSPS) is 15.4. The number of furan rings is 1. The first-order chi connectivity index (χ1) is 9.74. The van der Waals surface area contributed by atoms with E-state index in [0.29, 0.717) is 11.5 Å². The molecular weight excluding hydrogens is 292 g/mol. The number of aryl methyl sites for hydroxylation is 1. The van der Waals surface area contributed by atoms with Crippen LogP contribution in [0.5, 0.6) is 0 Å². The Morgan fingerprint density at radius 1 is 1.33 bits per heavy atom. The van der Waals surface area contributed by atoms with Crippen molar-refractivity contribution in [3.8, 4) is 11.5 Å². The molecular formula is C14H19ClN4O2. The average Bonchev–Trinajstić information content (AvgIpc) is 3.00. The second-order valence-electron chi connectivity index (χ2n) is 4.97. The molecule has 0 spiro atoms. The number of aromatic nitrogens is 2. The van der Waals surface area contributed by atoms with Crippen molar-refractivity contribution in [1.29, 1.82) is 0 Å². The van der Waals surface area contributed by atoms with Gasteiger partial charge in [0.2, 0.25) is 0 Å². The van der Waals surface area contributed by atoms with Crippen molar-refractivity contribution in [3.05, 3.63) is 29.7 Å². The van der Waals surface area contributed by atoms with Crippen LogP contribution in [0.1, 0.15) is 22.7 Å². The van der Waals surface area contributed by atoms with Crippen LogP contribution >= 0.6 is 12.4 Å². The van der Waals surface area contributed by atoms with Gasteiger partial charge in [-0.15, -0.1) is 12.4 Å². The van der Waals surface area contributed by atoms with E-state index in [4.69, 9.17) is 4.42 Å². The van der Waals surface area contributed by atoms with Crippen LogP contribution in [0, 0.1) is 6.92 Å². The van der Waals surface area contributed by atoms with Gasteiger partial charge in [0.1, 0.15) is 11.5 Å². The topological polar surface area (TPSA) is 74.2 Å². The molecule has 3 heterocycles. The fourth-order valence-corrected chi connectivity index (χ4v) is 2.35. The van der Waals surface area contributed by atoms with Crippen molar-refractivity contribution >= 4 is 18.3 Å². The SMILES string of the molecule is Cc1ccc(-c2cc(C(=O)N3CCCNCC3)n[nH]2)o1.Cl. The quantitative estimate of drug-likeness (QED) is 0.887. The number of H-pyrrole nitrogens is 1. The molecule has 3 rings (SSSR count). The Labute approximate surface area is 129 Å². The molecule has 6 nitrogen and oxygen atoms in total. The van der Waals surface area contributed by atoms with E-state index in [9.17, 15) is 4.79 Å². The zero-order chi connectivity index (χ0) is 13.9. The molecule has 0 saturated carbocycles. The van der Waals surface area contributed by atoms with Crippen molar-refractivity contribution in [2.75, 3.05) is 26.2 Å². The molecule has 1 fully saturated rings. The van der Waals surface area contributed by atoms with E-state index in [1.54, 1.807) is 6.07 Å². The third-order valence-corrected chi connectivity index (χ3v) is 3.43. The highest BCUT2D eigenvalue weighted by Gasteiger charge is 2.20. The molecule has 7 heteroatoms. The van der Waals surface area contributed by atoms with Gasteiger partial charge >= 0.3 is 0 Å². The van der Waals surface area contributed by atoms with Crippen molar-refractivity contribution in [1.82, 2.24) is 20.4 Å². The minimum atomic E-state index is -0.0283. The predicted molar refractivity (Wildman–Crippen MR) is 81.7 cm³/mol. The number of hydrogen-bond acceptors (Lipinski definition) is 4. The lowest BCUT2D eigenvalue weighted by Gasteiger charge is -2.18. The van der Waals surface area contributed by atoms with E-state index in [2.05, 4.69) is 15.5 Å². The van der Waals surface area contributed by atoms with Crippen LogP contribution in [0.2, 0.25) is 0 Å². The number of halogens is 1. The summed E-state index contributed by atoms with van der Waals surface area (Å²) in [5.74, 6) is 1.51. The van der Waals surface area contributed by atoms with E-state index in [0.717, 1.165) is 44.1 Å². The Morgan fingerprint density at radius 2 is 2.19 bits per heavy atom. The summed E-state index contributed by atoms with van der Waals surface area (Å²) in [7, 11) is 0. The van der Waals surface area contributed by atoms with E-state index in [1.165, 1.54) is 0 Å². The van der Waals surface area contributed by atoms with Gasteiger partial charge in [-0.3, -0.25) is 9.89 Å². The summed E-state index contributed by atoms with van der Waals surface area (Å²) >= 11 is 0. The number of nitrogens with zero attached hydrogens (tertiary/aromatic N) is 2. The number of nitrogens with one attached hydrogen (secondary N) is 2. The number of aromatic amines is 1. The first kappa shape index (κ1) is 15.6. The van der Waals surface area contributed by atoms with Gasteiger partial charge in [0.15, 0.2) is 11.5 Å². The summed E-state index contributed by atoms with van der Waals surface area (Å²) in [6.45, 7) is 5.17. The molecule has 21 heavy (non-hydrogen) atoms. The highest BCUT2D eigenvalue weighted by atomic mass is 35.5. The molecule has 0 atom stereocenters. The molecule has 2 N–H and O–H groups in total. The van der Waals surface area contributed by atoms with Gasteiger partial charge in [0.05, 0.1) is 0 Å². The van der Waals surface area contributed by atoms with Crippen LogP contribution in [0.3, 0.4) is 0 Å². The fraction of sp³-hybridized carbons (Fsp3) is 0.429. The van der Waals surface area contributed by atoms with Crippen LogP contribution in [0.4, 0.5) is 0 Å². The lowest BCUT2D eigenvalue weighted by atomic mass is 10.2. The van der Waals surface area contributed by atoms with Crippen molar-refractivity contribution in [3.63, 3.8) is 0 Å². The lowest BCUT2D eigenvalue weighted by Crippen LogP contribution is -2.34. The predicted octanol–water partition coefficient (Wildman–Crippen LogP) is 1.84. The number of amides is 1. The zero-order valence-corrected chi connectivity index (χ0v) is 12.7. The van der Waals surface area contributed by atoms with Crippen molar-refractivity contribution in [2.45, 2.75) is 13.3 Å². The minimum Gasteiger partial charge on any atom is -0.460 e. The van der Waals surface area contributed by atoms with Gasteiger partial charge < -0.3 is 14.6 Å². The van der Waals surface area contributed by atoms with Gasteiger partial charge in [-0.25, -0.2) is 0 Å². The number of carbonyl (C=O) groups is 1. The Hall–Kier alpha value is -1.79. The van der Waals surface area contributed by atoms with Gasteiger partial charge in [0, 0.05) is 25.7 Å². The van der Waals surface area contributed by atoms with E-state index in [-0.39, 0.29) is 18.3 Å². The van der Waals surface area contributed by atoms with Crippen molar-refractivity contribution < 1.29 is 9.21 Å². The largest absolute Gasteiger partial charge is 0.460 e. The third kappa shape index (κ3) is 3.46. The van der Waals surface area contributed by atoms with Crippen LogP contribution in [0.25, 0.3) is 11.5 Å². The van der Waals surface area contributed by atoms with E-state index in [1.807, 2.05) is 24.0 Å². The van der Waals surface area contributed by atoms with Crippen molar-refractivity contribution in [2.24, 2.45) is 0 Å². The summed E-state index contributed by atoms with van der Waals surface area (Å²) in [6.07, 6.45) is 0.973. The Bertz CT molecular complexity index is 600. The smallest absolute Gasteiger partial charge is 0.274 e. The molecule has 1 amide bonds. The highest BCUT2D eigenvalue weighted by molar-refractivity contribution is 5.93. The second-order valence-corrected chi connectivity index (χ2v) is 4.97. The standard InChI is InChI=1S/C14H18N4O2.ClH/c1-10-3-4-13(20-10)11-9-12(17-16-11)14(19)18-7-2-5-15-6-8-18;/h3-4,9,15H,2,5-8H2,1H3,(H,16,17);1H. The molecule has 2 aromatic heterocycles. The fourth-order valence-electron chi connectivity index (χ4n) is 2.35. The van der Waals surface area contributed by atoms with Gasteiger partial charge in [0.25, 0.3) is 5.91 Å². The van der Waals surface area contributed by atoms with Crippen LogP contribution in [-0.2, 0) is 0 Å². The van der Waals surface area contributed by atoms with Crippen LogP contribution in [-0.4, -0.2) is 47.2 Å². The molecule has 1 saturated heterocycles. The van der Waals surface area contributed by atoms with Gasteiger partial charge in [-0.1, -0.05) is 0 Å². The zero-order valence-electron chi connectivity index (χ0n) is 11.9. The van der Waals surface area contributed by atoms with Crippen LogP contribution in [0.15, 0.2) is 22.6 Å². The summed E-state index contributed by atoms with van der Waals surface area (Å²) < 4.78 is 5.52. The number of hydrogen-bond donors (Lipinski definition) is 2. The Balaban J connectivity index is 0.00000161.